The lowest BCUT2D eigenvalue weighted by atomic mass is 9.80. The first-order chi connectivity index (χ1) is 29.0. The number of methoxy groups -OCH3 is 2. The van der Waals surface area contributed by atoms with Crippen molar-refractivity contribution in [2.24, 2.45) is 17.3 Å². The first kappa shape index (κ1) is 48.1. The van der Waals surface area contributed by atoms with Gasteiger partial charge in [-0.1, -0.05) is 76.2 Å². The number of aromatic nitrogens is 4. The van der Waals surface area contributed by atoms with Crippen molar-refractivity contribution in [1.82, 2.24) is 40.4 Å². The standard InChI is InChI=1S/C45H60N8O6S.2H2O/c1-28(2)36(50-43(55)57-5)25-59-27-52-19-7-8-37(52)40-46-23-34(48-40)32-13-9-30(10-14-32)31-11-15-33(16-12-31)35-24-47-41(49-35)38-22-45(17-20-60-21-18-45)26-53(38)42(54)39(29(3)4)51-44(56)58-6;;/h9-16,23-24,28-29,36-39H,7-8,17-22,25-27H2,1-6H3,(H,46,48)(H,47,49)(H,50,55)(H,51,56);2*1H2/t36-,37+,38?,39+;;/m1../s1. The lowest BCUT2D eigenvalue weighted by Crippen LogP contribution is -2.51. The van der Waals surface area contributed by atoms with Gasteiger partial charge in [-0.25, -0.2) is 19.6 Å². The Hall–Kier alpha value is -4.94. The van der Waals surface area contributed by atoms with Crippen LogP contribution in [-0.2, 0) is 19.0 Å². The minimum atomic E-state index is -0.691. The van der Waals surface area contributed by atoms with Crippen LogP contribution in [0.3, 0.4) is 0 Å². The van der Waals surface area contributed by atoms with E-state index in [4.69, 9.17) is 24.2 Å². The van der Waals surface area contributed by atoms with Crippen LogP contribution in [0.1, 0.15) is 83.5 Å². The Balaban J connectivity index is 0.00000363. The van der Waals surface area contributed by atoms with Crippen LogP contribution in [-0.4, -0.2) is 123 Å². The number of carbonyl (C=O) groups excluding carboxylic acids is 3. The van der Waals surface area contributed by atoms with E-state index in [1.807, 2.05) is 56.8 Å². The zero-order valence-electron chi connectivity index (χ0n) is 36.7. The summed E-state index contributed by atoms with van der Waals surface area (Å²) < 4.78 is 15.7. The summed E-state index contributed by atoms with van der Waals surface area (Å²) in [7, 11) is 2.68. The minimum Gasteiger partial charge on any atom is -0.453 e. The van der Waals surface area contributed by atoms with Gasteiger partial charge in [-0.15, -0.1) is 0 Å². The number of rotatable bonds is 14. The number of likely N-dealkylation sites (tertiary alicyclic amines) is 2. The van der Waals surface area contributed by atoms with Gasteiger partial charge in [0.2, 0.25) is 5.91 Å². The van der Waals surface area contributed by atoms with Gasteiger partial charge < -0.3 is 50.7 Å². The lowest BCUT2D eigenvalue weighted by molar-refractivity contribution is -0.136. The Morgan fingerprint density at radius 2 is 1.32 bits per heavy atom. The van der Waals surface area contributed by atoms with Crippen molar-refractivity contribution < 1.29 is 39.5 Å². The van der Waals surface area contributed by atoms with Gasteiger partial charge in [-0.2, -0.15) is 11.8 Å². The van der Waals surface area contributed by atoms with E-state index in [9.17, 15) is 14.4 Å². The topological polar surface area (TPSA) is 230 Å². The molecule has 0 bridgehead atoms. The monoisotopic (exact) mass is 876 g/mol. The van der Waals surface area contributed by atoms with Crippen molar-refractivity contribution in [3.63, 3.8) is 0 Å². The van der Waals surface area contributed by atoms with Gasteiger partial charge in [0.15, 0.2) is 0 Å². The normalized spacial score (nSPS) is 19.5. The fraction of sp³-hybridized carbons (Fsp3) is 0.533. The summed E-state index contributed by atoms with van der Waals surface area (Å²) in [4.78, 5) is 59.2. The molecule has 4 atom stereocenters. The fourth-order valence-corrected chi connectivity index (χ4v) is 10.1. The first-order valence-corrected chi connectivity index (χ1v) is 22.3. The number of hydrogen-bond acceptors (Lipinski definition) is 10. The number of carbonyl (C=O) groups is 3. The molecule has 0 aliphatic carbocycles. The number of nitrogens with zero attached hydrogens (tertiary/aromatic N) is 4. The maximum absolute atomic E-state index is 14.1. The Bertz CT molecular complexity index is 2070. The molecule has 4 aromatic rings. The summed E-state index contributed by atoms with van der Waals surface area (Å²) in [6.07, 6.45) is 7.72. The number of hydrogen-bond donors (Lipinski definition) is 4. The molecule has 1 unspecified atom stereocenters. The quantitative estimate of drug-likeness (QED) is 0.113. The molecule has 338 valence electrons. The van der Waals surface area contributed by atoms with Gasteiger partial charge in [0.1, 0.15) is 17.7 Å². The fourth-order valence-electron chi connectivity index (χ4n) is 8.77. The molecule has 7 rings (SSSR count). The van der Waals surface area contributed by atoms with Gasteiger partial charge in [0.05, 0.1) is 69.5 Å². The second-order valence-electron chi connectivity index (χ2n) is 17.1. The van der Waals surface area contributed by atoms with Crippen LogP contribution in [0.25, 0.3) is 33.6 Å². The summed E-state index contributed by atoms with van der Waals surface area (Å²) in [5.41, 5.74) is 6.17. The number of benzene rings is 2. The maximum Gasteiger partial charge on any atom is 0.407 e. The van der Waals surface area contributed by atoms with E-state index >= 15 is 0 Å². The van der Waals surface area contributed by atoms with Crippen molar-refractivity contribution in [3.05, 3.63) is 72.6 Å². The summed E-state index contributed by atoms with van der Waals surface area (Å²) >= 11 is 1.98. The van der Waals surface area contributed by atoms with E-state index in [0.29, 0.717) is 19.9 Å². The second kappa shape index (κ2) is 21.4. The Morgan fingerprint density at radius 3 is 1.85 bits per heavy atom. The zero-order chi connectivity index (χ0) is 42.4. The highest BCUT2D eigenvalue weighted by Gasteiger charge is 2.49. The second-order valence-corrected chi connectivity index (χ2v) is 18.4. The minimum absolute atomic E-state index is 0. The molecular formula is C45H64N8O8S. The molecular weight excluding hydrogens is 813 g/mol. The molecule has 2 aromatic heterocycles. The van der Waals surface area contributed by atoms with Gasteiger partial charge >= 0.3 is 12.2 Å². The first-order valence-electron chi connectivity index (χ1n) is 21.2. The molecule has 8 N–H and O–H groups in total. The number of aromatic amines is 2. The number of amides is 3. The third-order valence-corrected chi connectivity index (χ3v) is 13.5. The van der Waals surface area contributed by atoms with E-state index in [2.05, 4.69) is 74.0 Å². The van der Waals surface area contributed by atoms with Gasteiger partial charge in [0, 0.05) is 13.1 Å². The zero-order valence-corrected chi connectivity index (χ0v) is 37.5. The molecule has 3 aliphatic rings. The molecule has 3 amide bonds. The molecule has 3 fully saturated rings. The highest BCUT2D eigenvalue weighted by Crippen LogP contribution is 2.50. The number of thioether (sulfide) groups is 1. The molecule has 5 heterocycles. The van der Waals surface area contributed by atoms with Gasteiger partial charge in [0.25, 0.3) is 0 Å². The summed E-state index contributed by atoms with van der Waals surface area (Å²) in [6.45, 7) is 10.4. The Kier molecular flexibility index (Phi) is 16.6. The number of H-pyrrole nitrogens is 2. The van der Waals surface area contributed by atoms with Crippen molar-refractivity contribution in [3.8, 4) is 33.6 Å². The molecule has 3 saturated heterocycles. The van der Waals surface area contributed by atoms with E-state index < -0.39 is 18.2 Å². The van der Waals surface area contributed by atoms with E-state index in [1.54, 1.807) is 0 Å². The third-order valence-electron chi connectivity index (χ3n) is 12.5. The number of nitrogens with one attached hydrogen (secondary N) is 4. The van der Waals surface area contributed by atoms with E-state index in [1.165, 1.54) is 14.2 Å². The van der Waals surface area contributed by atoms with Crippen LogP contribution in [0.15, 0.2) is 60.9 Å². The van der Waals surface area contributed by atoms with Crippen LogP contribution in [0, 0.1) is 17.3 Å². The van der Waals surface area contributed by atoms with Crippen LogP contribution in [0.2, 0.25) is 0 Å². The predicted molar refractivity (Wildman–Crippen MR) is 240 cm³/mol. The third kappa shape index (κ3) is 11.0. The van der Waals surface area contributed by atoms with Gasteiger partial charge in [-0.3, -0.25) is 9.69 Å². The highest BCUT2D eigenvalue weighted by atomic mass is 32.2. The van der Waals surface area contributed by atoms with Crippen LogP contribution < -0.4 is 10.6 Å². The number of alkyl carbamates (subject to hydrolysis) is 2. The summed E-state index contributed by atoms with van der Waals surface area (Å²) in [5.74, 6) is 3.88. The molecule has 2 aromatic carbocycles. The largest absolute Gasteiger partial charge is 0.453 e. The van der Waals surface area contributed by atoms with Crippen molar-refractivity contribution in [2.45, 2.75) is 84.0 Å². The number of ether oxygens (including phenoxy) is 3. The molecule has 16 nitrogen and oxygen atoms in total. The Labute approximate surface area is 368 Å². The van der Waals surface area contributed by atoms with E-state index in [-0.39, 0.29) is 52.2 Å². The van der Waals surface area contributed by atoms with Crippen molar-refractivity contribution in [2.75, 3.05) is 52.2 Å². The highest BCUT2D eigenvalue weighted by molar-refractivity contribution is 7.99. The molecule has 1 spiro atoms. The predicted octanol–water partition coefficient (Wildman–Crippen LogP) is 6.14. The summed E-state index contributed by atoms with van der Waals surface area (Å²) in [6, 6.07) is 16.0. The van der Waals surface area contributed by atoms with Crippen LogP contribution in [0.4, 0.5) is 9.59 Å². The molecule has 0 saturated carbocycles. The average molecular weight is 877 g/mol. The van der Waals surface area contributed by atoms with Crippen LogP contribution >= 0.6 is 11.8 Å². The average Bonchev–Trinajstić information content (AvgIpc) is 4.09. The van der Waals surface area contributed by atoms with E-state index in [0.717, 1.165) is 95.4 Å². The van der Waals surface area contributed by atoms with Crippen molar-refractivity contribution >= 4 is 29.9 Å². The smallest absolute Gasteiger partial charge is 0.407 e. The lowest BCUT2D eigenvalue weighted by Gasteiger charge is -2.33. The summed E-state index contributed by atoms with van der Waals surface area (Å²) in [5, 5.41) is 5.65. The Morgan fingerprint density at radius 1 is 0.790 bits per heavy atom. The van der Waals surface area contributed by atoms with Crippen LogP contribution in [0.5, 0.6) is 0 Å². The molecule has 17 heteroatoms. The maximum atomic E-state index is 14.1. The SMILES string of the molecule is COC(=O)N[C@H](C(=O)N1CC2(CCSCC2)CC1c1ncc(-c2ccc(-c3ccc(-c4cnc([C@@H]5CCCN5COC[C@@H](NC(=O)OC)C(C)C)[nH]4)cc3)cc2)[nH]1)C(C)C.O.O. The molecule has 3 aliphatic heterocycles. The number of imidazole rings is 2. The molecule has 0 radical (unpaired) electrons. The van der Waals surface area contributed by atoms with Crippen molar-refractivity contribution in [1.29, 1.82) is 0 Å². The molecule has 62 heavy (non-hydrogen) atoms. The van der Waals surface area contributed by atoms with Gasteiger partial charge in [-0.05, 0) is 83.1 Å².